The molecule has 1 saturated carbocycles. The van der Waals surface area contributed by atoms with E-state index in [4.69, 9.17) is 14.5 Å². The highest BCUT2D eigenvalue weighted by molar-refractivity contribution is 6.16. The van der Waals surface area contributed by atoms with Crippen LogP contribution in [0, 0.1) is 5.92 Å². The number of ether oxygens (including phenoxy) is 2. The molecule has 2 aliphatic rings. The number of hydrogen-bond donors (Lipinski definition) is 0. The first-order valence-electron chi connectivity index (χ1n) is 8.70. The van der Waals surface area contributed by atoms with E-state index in [1.54, 1.807) is 20.4 Å². The molecule has 1 aliphatic carbocycles. The van der Waals surface area contributed by atoms with Crippen molar-refractivity contribution in [1.82, 2.24) is 4.98 Å². The molecule has 0 spiro atoms. The van der Waals surface area contributed by atoms with Gasteiger partial charge >= 0.3 is 0 Å². The van der Waals surface area contributed by atoms with Crippen LogP contribution in [0.25, 0.3) is 6.08 Å². The third-order valence-corrected chi connectivity index (χ3v) is 5.12. The second-order valence-corrected chi connectivity index (χ2v) is 6.59. The number of fused-ring (bicyclic) bond motifs is 2. The van der Waals surface area contributed by atoms with Crippen LogP contribution in [0.15, 0.2) is 53.3 Å². The molecule has 2 bridgehead atoms. The van der Waals surface area contributed by atoms with Crippen LogP contribution in [0.3, 0.4) is 0 Å². The van der Waals surface area contributed by atoms with Crippen molar-refractivity contribution < 1.29 is 9.47 Å². The van der Waals surface area contributed by atoms with Crippen molar-refractivity contribution in [2.75, 3.05) is 14.2 Å². The number of methoxy groups -OCH3 is 2. The standard InChI is InChI=1S/C21H22N2O2/c1-24-18-8-6-15(20(12-18)25-2)11-19-14-5-7-17(10-14)23-21(19)16-4-3-9-22-13-16/h3-4,6,8-9,11-14,17H,5,7,10H2,1-2H3/b19-11+/t14-,17+/m0/s1. The lowest BCUT2D eigenvalue weighted by Gasteiger charge is -2.23. The maximum atomic E-state index is 5.57. The minimum Gasteiger partial charge on any atom is -0.497 e. The van der Waals surface area contributed by atoms with Gasteiger partial charge in [0.05, 0.1) is 26.0 Å². The van der Waals surface area contributed by atoms with Gasteiger partial charge in [0.25, 0.3) is 0 Å². The van der Waals surface area contributed by atoms with Gasteiger partial charge < -0.3 is 9.47 Å². The summed E-state index contributed by atoms with van der Waals surface area (Å²) in [4.78, 5) is 9.30. The van der Waals surface area contributed by atoms with Crippen molar-refractivity contribution in [1.29, 1.82) is 0 Å². The summed E-state index contributed by atoms with van der Waals surface area (Å²) in [6.45, 7) is 0. The van der Waals surface area contributed by atoms with Gasteiger partial charge in [0.15, 0.2) is 0 Å². The molecule has 4 rings (SSSR count). The number of rotatable bonds is 4. The third kappa shape index (κ3) is 3.04. The summed E-state index contributed by atoms with van der Waals surface area (Å²) in [5, 5.41) is 0. The summed E-state index contributed by atoms with van der Waals surface area (Å²) in [5.41, 5.74) is 4.54. The molecule has 0 saturated heterocycles. The van der Waals surface area contributed by atoms with E-state index in [1.807, 2.05) is 30.5 Å². The van der Waals surface area contributed by atoms with Gasteiger partial charge in [-0.1, -0.05) is 0 Å². The number of aliphatic imine (C=N–C) groups is 1. The summed E-state index contributed by atoms with van der Waals surface area (Å²) in [6.07, 6.45) is 9.46. The molecule has 0 N–H and O–H groups in total. The Kier molecular flexibility index (Phi) is 4.26. The second-order valence-electron chi connectivity index (χ2n) is 6.59. The Morgan fingerprint density at radius 1 is 1.12 bits per heavy atom. The number of nitrogens with zero attached hydrogens (tertiary/aromatic N) is 2. The fourth-order valence-corrected chi connectivity index (χ4v) is 3.84. The third-order valence-electron chi connectivity index (χ3n) is 5.12. The lowest BCUT2D eigenvalue weighted by Crippen LogP contribution is -2.20. The van der Waals surface area contributed by atoms with Gasteiger partial charge in [-0.2, -0.15) is 0 Å². The van der Waals surface area contributed by atoms with Gasteiger partial charge in [-0.25, -0.2) is 0 Å². The van der Waals surface area contributed by atoms with E-state index in [0.29, 0.717) is 12.0 Å². The summed E-state index contributed by atoms with van der Waals surface area (Å²) in [6, 6.07) is 10.5. The quantitative estimate of drug-likeness (QED) is 0.843. The van der Waals surface area contributed by atoms with E-state index >= 15 is 0 Å². The number of allylic oxidation sites excluding steroid dienone is 1. The molecule has 2 heterocycles. The highest BCUT2D eigenvalue weighted by atomic mass is 16.5. The molecular formula is C21H22N2O2. The van der Waals surface area contributed by atoms with E-state index in [-0.39, 0.29) is 0 Å². The molecule has 2 aromatic rings. The maximum Gasteiger partial charge on any atom is 0.129 e. The van der Waals surface area contributed by atoms with Crippen LogP contribution < -0.4 is 9.47 Å². The molecule has 0 unspecified atom stereocenters. The SMILES string of the molecule is COc1ccc(/C=C2/C(c3cccnc3)=N[C@@H]3CC[C@H]2C3)c(OC)c1. The van der Waals surface area contributed by atoms with E-state index < -0.39 is 0 Å². The lowest BCUT2D eigenvalue weighted by atomic mass is 9.86. The Hall–Kier alpha value is -2.62. The first-order valence-corrected chi connectivity index (χ1v) is 8.70. The van der Waals surface area contributed by atoms with Crippen LogP contribution in [0.1, 0.15) is 30.4 Å². The van der Waals surface area contributed by atoms with Crippen molar-refractivity contribution in [3.05, 3.63) is 59.4 Å². The first-order chi connectivity index (χ1) is 12.3. The van der Waals surface area contributed by atoms with E-state index in [1.165, 1.54) is 18.4 Å². The Labute approximate surface area is 148 Å². The molecule has 1 aromatic carbocycles. The second kappa shape index (κ2) is 6.71. The topological polar surface area (TPSA) is 43.7 Å². The fraction of sp³-hybridized carbons (Fsp3) is 0.333. The van der Waals surface area contributed by atoms with Crippen molar-refractivity contribution in [2.24, 2.45) is 10.9 Å². The predicted molar refractivity (Wildman–Crippen MR) is 99.4 cm³/mol. The molecule has 4 nitrogen and oxygen atoms in total. The van der Waals surface area contributed by atoms with Crippen molar-refractivity contribution in [3.8, 4) is 11.5 Å². The first kappa shape index (κ1) is 15.9. The molecule has 1 fully saturated rings. The Balaban J connectivity index is 1.80. The van der Waals surface area contributed by atoms with Crippen molar-refractivity contribution in [3.63, 3.8) is 0 Å². The molecule has 4 heteroatoms. The molecule has 0 radical (unpaired) electrons. The van der Waals surface area contributed by atoms with Gasteiger partial charge in [0, 0.05) is 29.6 Å². The minimum atomic E-state index is 0.454. The number of benzene rings is 1. The molecule has 1 aliphatic heterocycles. The summed E-state index contributed by atoms with van der Waals surface area (Å²) >= 11 is 0. The fourth-order valence-electron chi connectivity index (χ4n) is 3.84. The average molecular weight is 334 g/mol. The van der Waals surface area contributed by atoms with Gasteiger partial charge in [0.2, 0.25) is 0 Å². The normalized spacial score (nSPS) is 23.4. The highest BCUT2D eigenvalue weighted by Crippen LogP contribution is 2.41. The van der Waals surface area contributed by atoms with E-state index in [9.17, 15) is 0 Å². The Bertz CT molecular complexity index is 827. The number of aromatic nitrogens is 1. The van der Waals surface area contributed by atoms with Crippen LogP contribution in [-0.4, -0.2) is 31.0 Å². The van der Waals surface area contributed by atoms with Crippen LogP contribution in [-0.2, 0) is 0 Å². The smallest absolute Gasteiger partial charge is 0.129 e. The maximum absolute atomic E-state index is 5.57. The minimum absolute atomic E-state index is 0.454. The molecule has 25 heavy (non-hydrogen) atoms. The van der Waals surface area contributed by atoms with Crippen molar-refractivity contribution >= 4 is 11.8 Å². The van der Waals surface area contributed by atoms with Crippen LogP contribution >= 0.6 is 0 Å². The van der Waals surface area contributed by atoms with Crippen LogP contribution in [0.2, 0.25) is 0 Å². The Morgan fingerprint density at radius 2 is 2.04 bits per heavy atom. The number of pyridine rings is 1. The van der Waals surface area contributed by atoms with E-state index in [0.717, 1.165) is 34.8 Å². The zero-order chi connectivity index (χ0) is 17.2. The van der Waals surface area contributed by atoms with Crippen LogP contribution in [0.5, 0.6) is 11.5 Å². The molecular weight excluding hydrogens is 312 g/mol. The van der Waals surface area contributed by atoms with Crippen molar-refractivity contribution in [2.45, 2.75) is 25.3 Å². The lowest BCUT2D eigenvalue weighted by molar-refractivity contribution is 0.393. The zero-order valence-electron chi connectivity index (χ0n) is 14.6. The van der Waals surface area contributed by atoms with Gasteiger partial charge in [-0.3, -0.25) is 9.98 Å². The average Bonchev–Trinajstić information content (AvgIpc) is 3.07. The summed E-state index contributed by atoms with van der Waals surface area (Å²) in [5.74, 6) is 2.17. The molecule has 0 amide bonds. The summed E-state index contributed by atoms with van der Waals surface area (Å²) in [7, 11) is 3.36. The molecule has 1 aromatic heterocycles. The predicted octanol–water partition coefficient (Wildman–Crippen LogP) is 4.15. The van der Waals surface area contributed by atoms with Gasteiger partial charge in [-0.05, 0) is 61.1 Å². The largest absolute Gasteiger partial charge is 0.497 e. The highest BCUT2D eigenvalue weighted by Gasteiger charge is 2.34. The molecule has 2 atom stereocenters. The van der Waals surface area contributed by atoms with Gasteiger partial charge in [0.1, 0.15) is 11.5 Å². The monoisotopic (exact) mass is 334 g/mol. The molecule has 128 valence electrons. The number of hydrogen-bond acceptors (Lipinski definition) is 4. The summed E-state index contributed by atoms with van der Waals surface area (Å²) < 4.78 is 10.9. The Morgan fingerprint density at radius 3 is 2.80 bits per heavy atom. The van der Waals surface area contributed by atoms with Gasteiger partial charge in [-0.15, -0.1) is 0 Å². The van der Waals surface area contributed by atoms with Crippen LogP contribution in [0.4, 0.5) is 0 Å². The van der Waals surface area contributed by atoms with E-state index in [2.05, 4.69) is 17.1 Å². The zero-order valence-corrected chi connectivity index (χ0v) is 14.6.